The predicted molar refractivity (Wildman–Crippen MR) is 120 cm³/mol. The van der Waals surface area contributed by atoms with E-state index in [0.717, 1.165) is 35.3 Å². The number of ether oxygens (including phenoxy) is 2. The van der Waals surface area contributed by atoms with Gasteiger partial charge in [-0.05, 0) is 65.1 Å². The van der Waals surface area contributed by atoms with Crippen molar-refractivity contribution in [1.29, 1.82) is 0 Å². The van der Waals surface area contributed by atoms with Gasteiger partial charge in [-0.2, -0.15) is 0 Å². The van der Waals surface area contributed by atoms with Crippen LogP contribution in [0.15, 0.2) is 54.9 Å². The van der Waals surface area contributed by atoms with Crippen molar-refractivity contribution in [3.05, 3.63) is 60.4 Å². The van der Waals surface area contributed by atoms with E-state index in [1.807, 2.05) is 24.0 Å². The number of rotatable bonds is 8. The highest BCUT2D eigenvalue weighted by atomic mass is 16.5. The van der Waals surface area contributed by atoms with Gasteiger partial charge >= 0.3 is 0 Å². The molecule has 0 bridgehead atoms. The fourth-order valence-electron chi connectivity index (χ4n) is 4.27. The van der Waals surface area contributed by atoms with Gasteiger partial charge < -0.3 is 14.4 Å². The lowest BCUT2D eigenvalue weighted by Gasteiger charge is -2.37. The van der Waals surface area contributed by atoms with Crippen LogP contribution >= 0.6 is 0 Å². The molecule has 1 aromatic heterocycles. The van der Waals surface area contributed by atoms with Crippen LogP contribution in [-0.4, -0.2) is 57.3 Å². The molecule has 8 heteroatoms. The molecule has 3 aromatic rings. The number of methoxy groups -OCH3 is 1. The molecule has 1 amide bonds. The van der Waals surface area contributed by atoms with E-state index >= 15 is 0 Å². The Morgan fingerprint density at radius 3 is 2.78 bits per heavy atom. The van der Waals surface area contributed by atoms with Crippen LogP contribution in [0.4, 0.5) is 0 Å². The van der Waals surface area contributed by atoms with Gasteiger partial charge in [0.15, 0.2) is 0 Å². The Balaban J connectivity index is 1.44. The van der Waals surface area contributed by atoms with E-state index in [0.29, 0.717) is 26.1 Å². The summed E-state index contributed by atoms with van der Waals surface area (Å²) >= 11 is 0. The van der Waals surface area contributed by atoms with Crippen molar-refractivity contribution in [2.45, 2.75) is 44.9 Å². The van der Waals surface area contributed by atoms with Gasteiger partial charge in [0.2, 0.25) is 5.91 Å². The standard InChI is InChI=1S/C24H29N5O3/c1-3-29(24(30)11-13-28-17-25-26-27-28)21-12-14-32-23(16-21)20-6-4-5-19(15-20)18-7-9-22(31-2)10-8-18/h4-10,15,17,21,23H,3,11-14,16H2,1-2H3/t21-,23+/m0/s1. The molecule has 0 spiro atoms. The first-order valence-electron chi connectivity index (χ1n) is 11.0. The van der Waals surface area contributed by atoms with Crippen molar-refractivity contribution in [2.24, 2.45) is 0 Å². The molecule has 0 radical (unpaired) electrons. The van der Waals surface area contributed by atoms with Crippen LogP contribution in [0.2, 0.25) is 0 Å². The first kappa shape index (κ1) is 22.0. The maximum Gasteiger partial charge on any atom is 0.224 e. The van der Waals surface area contributed by atoms with E-state index < -0.39 is 0 Å². The number of nitrogens with zero attached hydrogens (tertiary/aromatic N) is 5. The minimum Gasteiger partial charge on any atom is -0.497 e. The average molecular weight is 436 g/mol. The second kappa shape index (κ2) is 10.4. The summed E-state index contributed by atoms with van der Waals surface area (Å²) in [6, 6.07) is 16.7. The lowest BCUT2D eigenvalue weighted by Crippen LogP contribution is -2.44. The first-order chi connectivity index (χ1) is 15.7. The molecular formula is C24H29N5O3. The molecule has 0 N–H and O–H groups in total. The largest absolute Gasteiger partial charge is 0.497 e. The zero-order chi connectivity index (χ0) is 22.3. The molecule has 2 aromatic carbocycles. The molecule has 0 aliphatic carbocycles. The molecule has 4 rings (SSSR count). The number of amides is 1. The molecule has 1 saturated heterocycles. The number of aryl methyl sites for hydroxylation is 1. The maximum absolute atomic E-state index is 12.9. The van der Waals surface area contributed by atoms with Crippen LogP contribution in [0.3, 0.4) is 0 Å². The van der Waals surface area contributed by atoms with E-state index in [2.05, 4.69) is 51.9 Å². The number of carbonyl (C=O) groups is 1. The molecule has 168 valence electrons. The lowest BCUT2D eigenvalue weighted by atomic mass is 9.93. The van der Waals surface area contributed by atoms with Crippen molar-refractivity contribution in [3.8, 4) is 16.9 Å². The summed E-state index contributed by atoms with van der Waals surface area (Å²) < 4.78 is 13.0. The van der Waals surface area contributed by atoms with Crippen LogP contribution in [0.5, 0.6) is 5.75 Å². The van der Waals surface area contributed by atoms with Crippen LogP contribution in [0.25, 0.3) is 11.1 Å². The van der Waals surface area contributed by atoms with Crippen molar-refractivity contribution in [2.75, 3.05) is 20.3 Å². The van der Waals surface area contributed by atoms with Gasteiger partial charge in [-0.25, -0.2) is 4.68 Å². The second-order valence-corrected chi connectivity index (χ2v) is 7.89. The topological polar surface area (TPSA) is 82.4 Å². The summed E-state index contributed by atoms with van der Waals surface area (Å²) in [5.74, 6) is 0.966. The summed E-state index contributed by atoms with van der Waals surface area (Å²) in [4.78, 5) is 14.9. The van der Waals surface area contributed by atoms with Gasteiger partial charge in [-0.1, -0.05) is 30.3 Å². The highest BCUT2D eigenvalue weighted by Crippen LogP contribution is 2.33. The van der Waals surface area contributed by atoms with Crippen molar-refractivity contribution in [3.63, 3.8) is 0 Å². The zero-order valence-electron chi connectivity index (χ0n) is 18.6. The van der Waals surface area contributed by atoms with Gasteiger partial charge in [-0.3, -0.25) is 4.79 Å². The normalized spacial score (nSPS) is 18.3. The highest BCUT2D eigenvalue weighted by molar-refractivity contribution is 5.76. The van der Waals surface area contributed by atoms with Crippen LogP contribution in [-0.2, 0) is 16.1 Å². The van der Waals surface area contributed by atoms with Crippen molar-refractivity contribution >= 4 is 5.91 Å². The van der Waals surface area contributed by atoms with E-state index in [4.69, 9.17) is 9.47 Å². The quantitative estimate of drug-likeness (QED) is 0.539. The monoisotopic (exact) mass is 435 g/mol. The molecule has 1 fully saturated rings. The van der Waals surface area contributed by atoms with E-state index in [9.17, 15) is 4.79 Å². The maximum atomic E-state index is 12.9. The molecule has 0 unspecified atom stereocenters. The third kappa shape index (κ3) is 5.13. The molecule has 2 heterocycles. The number of aromatic nitrogens is 4. The van der Waals surface area contributed by atoms with Gasteiger partial charge in [0.05, 0.1) is 19.8 Å². The van der Waals surface area contributed by atoms with Crippen LogP contribution in [0, 0.1) is 0 Å². The summed E-state index contributed by atoms with van der Waals surface area (Å²) in [6.45, 7) is 3.83. The van der Waals surface area contributed by atoms with Gasteiger partial charge in [-0.15, -0.1) is 5.10 Å². The molecule has 0 saturated carbocycles. The predicted octanol–water partition coefficient (Wildman–Crippen LogP) is 3.51. The van der Waals surface area contributed by atoms with E-state index in [1.165, 1.54) is 6.33 Å². The van der Waals surface area contributed by atoms with Gasteiger partial charge in [0.1, 0.15) is 12.1 Å². The SMILES string of the molecule is CCN(C(=O)CCn1cnnn1)[C@H]1CCO[C@@H](c2cccc(-c3ccc(OC)cc3)c2)C1. The van der Waals surface area contributed by atoms with Gasteiger partial charge in [0.25, 0.3) is 0 Å². The molecule has 2 atom stereocenters. The highest BCUT2D eigenvalue weighted by Gasteiger charge is 2.30. The fourth-order valence-corrected chi connectivity index (χ4v) is 4.27. The number of hydrogen-bond donors (Lipinski definition) is 0. The Morgan fingerprint density at radius 2 is 2.06 bits per heavy atom. The Labute approximate surface area is 188 Å². The number of benzene rings is 2. The van der Waals surface area contributed by atoms with Crippen molar-refractivity contribution in [1.82, 2.24) is 25.1 Å². The third-order valence-electron chi connectivity index (χ3n) is 5.99. The van der Waals surface area contributed by atoms with Crippen molar-refractivity contribution < 1.29 is 14.3 Å². The Kier molecular flexibility index (Phi) is 7.11. The Morgan fingerprint density at radius 1 is 1.22 bits per heavy atom. The first-order valence-corrected chi connectivity index (χ1v) is 11.0. The zero-order valence-corrected chi connectivity index (χ0v) is 18.6. The third-order valence-corrected chi connectivity index (χ3v) is 5.99. The summed E-state index contributed by atoms with van der Waals surface area (Å²) in [5, 5.41) is 11.1. The Hall–Kier alpha value is -3.26. The minimum atomic E-state index is -0.0340. The van der Waals surface area contributed by atoms with E-state index in [-0.39, 0.29) is 18.1 Å². The summed E-state index contributed by atoms with van der Waals surface area (Å²) in [5.41, 5.74) is 3.41. The summed E-state index contributed by atoms with van der Waals surface area (Å²) in [6.07, 6.45) is 3.52. The van der Waals surface area contributed by atoms with Crippen LogP contribution in [0.1, 0.15) is 37.9 Å². The number of hydrogen-bond acceptors (Lipinski definition) is 6. The lowest BCUT2D eigenvalue weighted by molar-refractivity contribution is -0.137. The van der Waals surface area contributed by atoms with E-state index in [1.54, 1.807) is 11.8 Å². The number of tetrazole rings is 1. The average Bonchev–Trinajstić information content (AvgIpc) is 3.37. The molecule has 32 heavy (non-hydrogen) atoms. The molecule has 8 nitrogen and oxygen atoms in total. The minimum absolute atomic E-state index is 0.0340. The van der Waals surface area contributed by atoms with Crippen LogP contribution < -0.4 is 4.74 Å². The molecule has 1 aliphatic heterocycles. The fraction of sp³-hybridized carbons (Fsp3) is 0.417. The second-order valence-electron chi connectivity index (χ2n) is 7.89. The number of carbonyl (C=O) groups excluding carboxylic acids is 1. The Bertz CT molecular complexity index is 1010. The molecule has 1 aliphatic rings. The molecular weight excluding hydrogens is 406 g/mol. The van der Waals surface area contributed by atoms with Gasteiger partial charge in [0, 0.05) is 25.6 Å². The summed E-state index contributed by atoms with van der Waals surface area (Å²) in [7, 11) is 1.67. The smallest absolute Gasteiger partial charge is 0.224 e.